The van der Waals surface area contributed by atoms with Gasteiger partial charge in [-0.25, -0.2) is 14.2 Å². The number of ketones is 1. The lowest BCUT2D eigenvalue weighted by molar-refractivity contribution is 0.0531. The van der Waals surface area contributed by atoms with Crippen molar-refractivity contribution in [3.8, 4) is 5.75 Å². The van der Waals surface area contributed by atoms with E-state index in [4.69, 9.17) is 9.47 Å². The highest BCUT2D eigenvalue weighted by molar-refractivity contribution is 7.20. The van der Waals surface area contributed by atoms with Crippen molar-refractivity contribution in [2.75, 3.05) is 13.7 Å². The number of methoxy groups -OCH3 is 1. The number of esters is 1. The minimum absolute atomic E-state index is 0.0252. The second kappa shape index (κ2) is 7.89. The number of hydrogen-bond acceptors (Lipinski definition) is 7. The Morgan fingerprint density at radius 3 is 2.71 bits per heavy atom. The van der Waals surface area contributed by atoms with Crippen molar-refractivity contribution in [2.24, 2.45) is 0 Å². The van der Waals surface area contributed by atoms with Gasteiger partial charge in [0.15, 0.2) is 17.3 Å². The summed E-state index contributed by atoms with van der Waals surface area (Å²) in [6.45, 7) is 3.24. The molecular weight excluding hydrogens is 387 g/mol. The minimum atomic E-state index is -0.665. The van der Waals surface area contributed by atoms with Gasteiger partial charge in [-0.3, -0.25) is 14.2 Å². The van der Waals surface area contributed by atoms with Crippen LogP contribution in [0.3, 0.4) is 0 Å². The van der Waals surface area contributed by atoms with E-state index in [1.807, 2.05) is 0 Å². The maximum absolute atomic E-state index is 13.8. The molecule has 3 aromatic rings. The molecule has 7 nitrogen and oxygen atoms in total. The van der Waals surface area contributed by atoms with Gasteiger partial charge in [-0.05, 0) is 37.6 Å². The van der Waals surface area contributed by atoms with Crippen molar-refractivity contribution < 1.29 is 23.5 Å². The molecule has 0 N–H and O–H groups in total. The van der Waals surface area contributed by atoms with Crippen molar-refractivity contribution in [3.05, 3.63) is 56.7 Å². The number of aryl methyl sites for hydroxylation is 1. The Kier molecular flexibility index (Phi) is 5.55. The number of carbonyl (C=O) groups excluding carboxylic acids is 2. The van der Waals surface area contributed by atoms with E-state index < -0.39 is 23.1 Å². The van der Waals surface area contributed by atoms with Crippen LogP contribution in [0, 0.1) is 12.7 Å². The standard InChI is InChI=1S/C19H17FN2O5S/c1-4-27-19(25)16-10(2)15-17(28-16)21-9-22(18(15)24)8-13(23)11-5-6-14(26-3)12(20)7-11/h5-7,9H,4,8H2,1-3H3. The van der Waals surface area contributed by atoms with E-state index in [2.05, 4.69) is 4.98 Å². The Balaban J connectivity index is 1.96. The lowest BCUT2D eigenvalue weighted by atomic mass is 10.1. The molecule has 0 radical (unpaired) electrons. The van der Waals surface area contributed by atoms with Gasteiger partial charge in [0.2, 0.25) is 0 Å². The van der Waals surface area contributed by atoms with Crippen LogP contribution in [0.4, 0.5) is 4.39 Å². The van der Waals surface area contributed by atoms with Gasteiger partial charge in [-0.2, -0.15) is 0 Å². The number of hydrogen-bond donors (Lipinski definition) is 0. The fourth-order valence-corrected chi connectivity index (χ4v) is 3.78. The predicted molar refractivity (Wildman–Crippen MR) is 102 cm³/mol. The van der Waals surface area contributed by atoms with Crippen LogP contribution in [0.15, 0.2) is 29.3 Å². The summed E-state index contributed by atoms with van der Waals surface area (Å²) >= 11 is 1.07. The third-order valence-electron chi connectivity index (χ3n) is 4.17. The molecule has 0 bridgehead atoms. The number of thiophene rings is 1. The fourth-order valence-electron chi connectivity index (χ4n) is 2.75. The summed E-state index contributed by atoms with van der Waals surface area (Å²) in [5, 5.41) is 0.268. The first kappa shape index (κ1) is 19.7. The molecule has 0 unspecified atom stereocenters. The van der Waals surface area contributed by atoms with Crippen LogP contribution in [-0.4, -0.2) is 35.0 Å². The lowest BCUT2D eigenvalue weighted by Gasteiger charge is -2.07. The molecular formula is C19H17FN2O5S. The first-order valence-electron chi connectivity index (χ1n) is 8.39. The molecule has 0 saturated heterocycles. The smallest absolute Gasteiger partial charge is 0.348 e. The molecule has 0 aliphatic carbocycles. The first-order valence-corrected chi connectivity index (χ1v) is 9.21. The zero-order valence-corrected chi connectivity index (χ0v) is 16.3. The number of rotatable bonds is 6. The second-order valence-corrected chi connectivity index (χ2v) is 6.91. The summed E-state index contributed by atoms with van der Waals surface area (Å²) in [5.74, 6) is -1.61. The van der Waals surface area contributed by atoms with Gasteiger partial charge in [-0.1, -0.05) is 0 Å². The van der Waals surface area contributed by atoms with Gasteiger partial charge in [0, 0.05) is 5.56 Å². The van der Waals surface area contributed by atoms with E-state index in [-0.39, 0.29) is 29.9 Å². The van der Waals surface area contributed by atoms with Crippen molar-refractivity contribution in [2.45, 2.75) is 20.4 Å². The Bertz CT molecular complexity index is 1140. The number of halogens is 1. The molecule has 0 aliphatic rings. The Labute approximate surface area is 163 Å². The zero-order chi connectivity index (χ0) is 20.4. The third kappa shape index (κ3) is 3.53. The van der Waals surface area contributed by atoms with Gasteiger partial charge in [0.1, 0.15) is 9.71 Å². The summed E-state index contributed by atoms with van der Waals surface area (Å²) in [6, 6.07) is 3.84. The van der Waals surface area contributed by atoms with E-state index in [1.54, 1.807) is 13.8 Å². The van der Waals surface area contributed by atoms with Crippen LogP contribution in [0.5, 0.6) is 5.75 Å². The quantitative estimate of drug-likeness (QED) is 0.464. The van der Waals surface area contributed by atoms with Crippen LogP contribution in [-0.2, 0) is 11.3 Å². The van der Waals surface area contributed by atoms with Gasteiger partial charge in [0.25, 0.3) is 5.56 Å². The predicted octanol–water partition coefficient (Wildman–Crippen LogP) is 2.97. The first-order chi connectivity index (χ1) is 13.4. The van der Waals surface area contributed by atoms with E-state index >= 15 is 0 Å². The van der Waals surface area contributed by atoms with Crippen LogP contribution >= 0.6 is 11.3 Å². The maximum atomic E-state index is 13.8. The highest BCUT2D eigenvalue weighted by atomic mass is 32.1. The van der Waals surface area contributed by atoms with Gasteiger partial charge < -0.3 is 9.47 Å². The molecule has 0 spiro atoms. The summed E-state index contributed by atoms with van der Waals surface area (Å²) < 4.78 is 24.8. The Hall–Kier alpha value is -3.07. The zero-order valence-electron chi connectivity index (χ0n) is 15.4. The van der Waals surface area contributed by atoms with E-state index in [1.165, 1.54) is 25.6 Å². The topological polar surface area (TPSA) is 87.5 Å². The number of aromatic nitrogens is 2. The van der Waals surface area contributed by atoms with Crippen molar-refractivity contribution >= 4 is 33.3 Å². The maximum Gasteiger partial charge on any atom is 0.348 e. The summed E-state index contributed by atoms with van der Waals surface area (Å²) in [5.41, 5.74) is 0.129. The molecule has 9 heteroatoms. The molecule has 146 valence electrons. The van der Waals surface area contributed by atoms with E-state index in [0.717, 1.165) is 22.0 Å². The average Bonchev–Trinajstić information content (AvgIpc) is 3.01. The third-order valence-corrected chi connectivity index (χ3v) is 5.35. The molecule has 0 atom stereocenters. The number of ether oxygens (including phenoxy) is 2. The number of Topliss-reactive ketones (excluding diaryl/α,β-unsaturated/α-hetero) is 1. The van der Waals surface area contributed by atoms with Crippen molar-refractivity contribution in [1.82, 2.24) is 9.55 Å². The van der Waals surface area contributed by atoms with Crippen LogP contribution in [0.1, 0.15) is 32.5 Å². The highest BCUT2D eigenvalue weighted by Gasteiger charge is 2.21. The van der Waals surface area contributed by atoms with Crippen molar-refractivity contribution in [1.29, 1.82) is 0 Å². The second-order valence-electron chi connectivity index (χ2n) is 5.91. The summed E-state index contributed by atoms with van der Waals surface area (Å²) in [7, 11) is 1.33. The Morgan fingerprint density at radius 1 is 1.32 bits per heavy atom. The summed E-state index contributed by atoms with van der Waals surface area (Å²) in [6.07, 6.45) is 1.24. The van der Waals surface area contributed by atoms with Gasteiger partial charge in [-0.15, -0.1) is 11.3 Å². The molecule has 3 rings (SSSR count). The average molecular weight is 404 g/mol. The van der Waals surface area contributed by atoms with Gasteiger partial charge >= 0.3 is 5.97 Å². The number of carbonyl (C=O) groups is 2. The molecule has 28 heavy (non-hydrogen) atoms. The SMILES string of the molecule is CCOC(=O)c1sc2ncn(CC(=O)c3ccc(OC)c(F)c3)c(=O)c2c1C. The van der Waals surface area contributed by atoms with Gasteiger partial charge in [0.05, 0.1) is 32.0 Å². The van der Waals surface area contributed by atoms with Crippen LogP contribution in [0.25, 0.3) is 10.2 Å². The minimum Gasteiger partial charge on any atom is -0.494 e. The summed E-state index contributed by atoms with van der Waals surface area (Å²) in [4.78, 5) is 42.2. The number of benzene rings is 1. The van der Waals surface area contributed by atoms with E-state index in [9.17, 15) is 18.8 Å². The molecule has 0 saturated carbocycles. The van der Waals surface area contributed by atoms with Crippen LogP contribution in [0.2, 0.25) is 0 Å². The number of nitrogens with zero attached hydrogens (tertiary/aromatic N) is 2. The molecule has 0 fully saturated rings. The van der Waals surface area contributed by atoms with E-state index in [0.29, 0.717) is 15.3 Å². The monoisotopic (exact) mass is 404 g/mol. The largest absolute Gasteiger partial charge is 0.494 e. The van der Waals surface area contributed by atoms with Crippen LogP contribution < -0.4 is 10.3 Å². The number of fused-ring (bicyclic) bond motifs is 1. The lowest BCUT2D eigenvalue weighted by Crippen LogP contribution is -2.24. The molecule has 2 heterocycles. The molecule has 1 aromatic carbocycles. The molecule has 2 aromatic heterocycles. The fraction of sp³-hybridized carbons (Fsp3) is 0.263. The molecule has 0 amide bonds. The Morgan fingerprint density at radius 2 is 2.07 bits per heavy atom. The van der Waals surface area contributed by atoms with Crippen molar-refractivity contribution in [3.63, 3.8) is 0 Å². The molecule has 0 aliphatic heterocycles. The highest BCUT2D eigenvalue weighted by Crippen LogP contribution is 2.27. The normalized spacial score (nSPS) is 10.9.